The van der Waals surface area contributed by atoms with E-state index in [0.29, 0.717) is 0 Å². The molecule has 6 heteroatoms. The minimum Gasteiger partial charge on any atom is -2.00 e. The second-order valence-corrected chi connectivity index (χ2v) is 0. The molecule has 0 aromatic heterocycles. The van der Waals surface area contributed by atoms with Crippen molar-refractivity contribution in [3.05, 3.63) is 0 Å². The van der Waals surface area contributed by atoms with Crippen molar-refractivity contribution in [1.29, 1.82) is 0 Å². The average Bonchev–Trinajstić information content (AvgIpc) is 1.00. The molecule has 0 atom stereocenters. The van der Waals surface area contributed by atoms with E-state index in [4.69, 9.17) is 4.46 Å². The van der Waals surface area contributed by atoms with Gasteiger partial charge in [-0.3, -0.25) is 0 Å². The molecule has 0 radical (unpaired) electrons. The monoisotopic (exact) mass is 254 g/mol. The maximum absolute atomic E-state index is 8.06. The van der Waals surface area contributed by atoms with Gasteiger partial charge in [0.15, 0.2) is 0 Å². The topological polar surface area (TPSA) is 74.1 Å². The Labute approximate surface area is 109 Å². The number of hydrogen-bond donors (Lipinski definition) is 0. The second kappa shape index (κ2) is 46.4. The minimum atomic E-state index is 0. The molecule has 0 N–H and O–H groups in total. The van der Waals surface area contributed by atoms with Crippen LogP contribution in [0.1, 0.15) is 0 Å². The summed E-state index contributed by atoms with van der Waals surface area (Å²) in [6, 6.07) is 0. The fourth-order valence-corrected chi connectivity index (χ4v) is 0. The summed E-state index contributed by atoms with van der Waals surface area (Å²) in [4.78, 5) is 0. The maximum Gasteiger partial charge on any atom is 2.00 e. The van der Waals surface area contributed by atoms with Crippen LogP contribution in [0, 0.1) is 0 Å². The van der Waals surface area contributed by atoms with Gasteiger partial charge >= 0.3 is 101 Å². The Morgan fingerprint density at radius 1 is 1.00 bits per heavy atom. The molecule has 0 aliphatic heterocycles. The zero-order valence-electron chi connectivity index (χ0n) is 3.14. The molecule has 0 amide bonds. The molecule has 0 fully saturated rings. The zero-order chi connectivity index (χ0) is 2.00. The molecule has 3 nitrogen and oxygen atoms in total. The van der Waals surface area contributed by atoms with Gasteiger partial charge in [0.05, 0.1) is 0 Å². The molecule has 0 aliphatic carbocycles. The summed E-state index contributed by atoms with van der Waals surface area (Å²) in [5.41, 5.74) is 0. The van der Waals surface area contributed by atoms with Gasteiger partial charge < -0.3 is 11.0 Å². The molecular weight excluding hydrogens is 253 g/mol. The van der Waals surface area contributed by atoms with Gasteiger partial charge in [-0.05, 0) is 0 Å². The molecule has 0 unspecified atom stereocenters. The van der Waals surface area contributed by atoms with E-state index in [0.717, 1.165) is 0 Å². The summed E-state index contributed by atoms with van der Waals surface area (Å²) < 4.78 is 8.06. The molecule has 0 saturated carbocycles. The Morgan fingerprint density at radius 2 is 1.00 bits per heavy atom. The minimum absolute atomic E-state index is 0. The number of hydrogen-bond acceptors (Lipinski definition) is 1. The molecule has 24 valence electrons. The molecule has 0 spiro atoms. The van der Waals surface area contributed by atoms with Crippen LogP contribution in [0.25, 0.3) is 0 Å². The SMILES string of the molecule is O=[Si+2].[Ba+2].[Ca+2].[O-2].[O-2]. The Kier molecular flexibility index (Phi) is 288. The van der Waals surface area contributed by atoms with Gasteiger partial charge in [-0.1, -0.05) is 0 Å². The van der Waals surface area contributed by atoms with Gasteiger partial charge in [0.25, 0.3) is 0 Å². The molecule has 0 heterocycles. The molecule has 0 aliphatic rings. The van der Waals surface area contributed by atoms with Crippen LogP contribution in [0.5, 0.6) is 0 Å². The van der Waals surface area contributed by atoms with Gasteiger partial charge in [0.1, 0.15) is 0 Å². The molecule has 0 saturated heterocycles. The van der Waals surface area contributed by atoms with Gasteiger partial charge in [-0.25, -0.2) is 0 Å². The molecule has 6 heavy (non-hydrogen) atoms. The van der Waals surface area contributed by atoms with Gasteiger partial charge in [-0.2, -0.15) is 0 Å². The quantitative estimate of drug-likeness (QED) is 0.484. The Bertz CT molecular complexity index is 10.8. The van der Waals surface area contributed by atoms with Crippen LogP contribution in [0.3, 0.4) is 0 Å². The standard InChI is InChI=1S/Ba.Ca.OSi.2O/c;;1-2;;/q3*+2;2*-2. The maximum atomic E-state index is 8.06. The molecule has 0 rings (SSSR count). The second-order valence-electron chi connectivity index (χ2n) is 0. The van der Waals surface area contributed by atoms with Crippen molar-refractivity contribution in [1.82, 2.24) is 0 Å². The number of rotatable bonds is 0. The van der Waals surface area contributed by atoms with Crippen LogP contribution in [0.2, 0.25) is 0 Å². The van der Waals surface area contributed by atoms with Crippen molar-refractivity contribution < 1.29 is 15.4 Å². The van der Waals surface area contributed by atoms with E-state index in [-0.39, 0.29) is 97.6 Å². The van der Waals surface area contributed by atoms with Gasteiger partial charge in [-0.15, -0.1) is 0 Å². The van der Waals surface area contributed by atoms with E-state index in [9.17, 15) is 0 Å². The molecule has 0 bridgehead atoms. The van der Waals surface area contributed by atoms with Crippen molar-refractivity contribution in [2.24, 2.45) is 0 Å². The van der Waals surface area contributed by atoms with Crippen molar-refractivity contribution in [2.45, 2.75) is 0 Å². The smallest absolute Gasteiger partial charge is 2.00 e. The average molecular weight is 253 g/mol. The van der Waals surface area contributed by atoms with Crippen LogP contribution in [0.15, 0.2) is 0 Å². The van der Waals surface area contributed by atoms with Crippen molar-refractivity contribution in [3.8, 4) is 0 Å². The van der Waals surface area contributed by atoms with Crippen LogP contribution in [-0.2, 0) is 15.4 Å². The molecule has 0 aromatic carbocycles. The third-order valence-corrected chi connectivity index (χ3v) is 0. The fourth-order valence-electron chi connectivity index (χ4n) is 0. The van der Waals surface area contributed by atoms with Crippen LogP contribution < -0.4 is 0 Å². The van der Waals surface area contributed by atoms with Crippen LogP contribution in [-0.4, -0.2) is 96.7 Å². The van der Waals surface area contributed by atoms with Crippen molar-refractivity contribution in [3.63, 3.8) is 0 Å². The van der Waals surface area contributed by atoms with E-state index >= 15 is 0 Å². The van der Waals surface area contributed by atoms with E-state index in [2.05, 4.69) is 0 Å². The Balaban J connectivity index is -0.000000000833. The van der Waals surface area contributed by atoms with E-state index < -0.39 is 0 Å². The summed E-state index contributed by atoms with van der Waals surface area (Å²) in [5.74, 6) is 0. The third kappa shape index (κ3) is 29.4. The van der Waals surface area contributed by atoms with Gasteiger partial charge in [0.2, 0.25) is 0 Å². The first-order valence-electron chi connectivity index (χ1n) is 0.204. The molecule has 0 aromatic rings. The van der Waals surface area contributed by atoms with Crippen LogP contribution >= 0.6 is 0 Å². The molecular formula is BaCaO3Si+2. The van der Waals surface area contributed by atoms with E-state index in [1.807, 2.05) is 0 Å². The first kappa shape index (κ1) is 37.3. The predicted octanol–water partition coefficient (Wildman–Crippen LogP) is -1.50. The summed E-state index contributed by atoms with van der Waals surface area (Å²) in [6.45, 7) is 0. The van der Waals surface area contributed by atoms with Crippen molar-refractivity contribution >= 4 is 96.7 Å². The van der Waals surface area contributed by atoms with Gasteiger partial charge in [0, 0.05) is 0 Å². The first-order chi connectivity index (χ1) is 1.00. The predicted molar refractivity (Wildman–Crippen MR) is 19.3 cm³/mol. The Hall–Kier alpha value is 2.77. The van der Waals surface area contributed by atoms with E-state index in [1.165, 1.54) is 0 Å². The summed E-state index contributed by atoms with van der Waals surface area (Å²) in [5, 5.41) is 0. The summed E-state index contributed by atoms with van der Waals surface area (Å²) >= 11 is 0. The summed E-state index contributed by atoms with van der Waals surface area (Å²) in [7, 11) is 1.72. The Morgan fingerprint density at radius 3 is 1.00 bits per heavy atom. The van der Waals surface area contributed by atoms with Crippen LogP contribution in [0.4, 0.5) is 0 Å². The normalized spacial score (nSPS) is 1.00. The largest absolute Gasteiger partial charge is 2.00 e. The zero-order valence-corrected chi connectivity index (χ0v) is 10.8. The third-order valence-electron chi connectivity index (χ3n) is 0. The first-order valence-corrected chi connectivity index (χ1v) is 0.612. The van der Waals surface area contributed by atoms with E-state index in [1.54, 1.807) is 10.1 Å². The van der Waals surface area contributed by atoms with Crippen molar-refractivity contribution in [2.75, 3.05) is 0 Å². The summed E-state index contributed by atoms with van der Waals surface area (Å²) in [6.07, 6.45) is 0. The fraction of sp³-hybridized carbons (Fsp3) is 0.